The van der Waals surface area contributed by atoms with E-state index in [1.165, 1.54) is 6.20 Å². The van der Waals surface area contributed by atoms with E-state index in [0.29, 0.717) is 6.42 Å². The second-order valence-corrected chi connectivity index (χ2v) is 6.30. The zero-order chi connectivity index (χ0) is 11.5. The third-order valence-corrected chi connectivity index (χ3v) is 4.61. The molecule has 0 aliphatic carbocycles. The van der Waals surface area contributed by atoms with Crippen molar-refractivity contribution in [1.82, 2.24) is 9.71 Å². The van der Waals surface area contributed by atoms with Gasteiger partial charge in [0, 0.05) is 12.5 Å². The Morgan fingerprint density at radius 1 is 1.73 bits per heavy atom. The van der Waals surface area contributed by atoms with Crippen LogP contribution in [-0.2, 0) is 10.0 Å². The first-order valence-corrected chi connectivity index (χ1v) is 6.64. The molecule has 1 atom stereocenters. The van der Waals surface area contributed by atoms with E-state index in [2.05, 4.69) is 15.6 Å². The van der Waals surface area contributed by atoms with Crippen LogP contribution in [0.2, 0.25) is 0 Å². The largest absolute Gasteiger partial charge is 0.251 e. The van der Waals surface area contributed by atoms with Crippen LogP contribution in [0, 0.1) is 19.3 Å². The lowest BCUT2D eigenvalue weighted by Gasteiger charge is -2.09. The molecule has 1 unspecified atom stereocenters. The third kappa shape index (κ3) is 3.30. The minimum Gasteiger partial charge on any atom is -0.249 e. The summed E-state index contributed by atoms with van der Waals surface area (Å²) in [6.45, 7) is 3.49. The maximum absolute atomic E-state index is 11.7. The minimum absolute atomic E-state index is 0.226. The van der Waals surface area contributed by atoms with Crippen molar-refractivity contribution in [3.8, 4) is 12.3 Å². The molecule has 0 fully saturated rings. The fraction of sp³-hybridized carbons (Fsp3) is 0.444. The van der Waals surface area contributed by atoms with Crippen LogP contribution in [0.1, 0.15) is 18.4 Å². The number of nitrogens with zero attached hydrogens (tertiary/aromatic N) is 1. The average molecular weight is 244 g/mol. The molecule has 82 valence electrons. The summed E-state index contributed by atoms with van der Waals surface area (Å²) in [4.78, 5) is 3.90. The lowest BCUT2D eigenvalue weighted by molar-refractivity contribution is 0.565. The van der Waals surface area contributed by atoms with Gasteiger partial charge in [0.1, 0.15) is 0 Å². The van der Waals surface area contributed by atoms with Crippen molar-refractivity contribution in [3.63, 3.8) is 0 Å². The highest BCUT2D eigenvalue weighted by Gasteiger charge is 2.19. The van der Waals surface area contributed by atoms with E-state index in [4.69, 9.17) is 6.42 Å². The molecule has 0 aliphatic heterocycles. The summed E-state index contributed by atoms with van der Waals surface area (Å²) in [5.41, 5.74) is 0. The van der Waals surface area contributed by atoms with E-state index in [9.17, 15) is 8.42 Å². The Balaban J connectivity index is 2.81. The zero-order valence-electron chi connectivity index (χ0n) is 8.52. The van der Waals surface area contributed by atoms with E-state index >= 15 is 0 Å². The maximum atomic E-state index is 11.7. The number of rotatable bonds is 4. The van der Waals surface area contributed by atoms with Gasteiger partial charge in [-0.25, -0.2) is 18.1 Å². The van der Waals surface area contributed by atoms with Gasteiger partial charge in [0.15, 0.2) is 4.21 Å². The molecule has 0 bridgehead atoms. The Morgan fingerprint density at radius 2 is 2.40 bits per heavy atom. The van der Waals surface area contributed by atoms with Crippen LogP contribution in [0.15, 0.2) is 10.4 Å². The first kappa shape index (κ1) is 12.2. The molecule has 0 spiro atoms. The average Bonchev–Trinajstić information content (AvgIpc) is 2.51. The van der Waals surface area contributed by atoms with E-state index in [1.54, 1.807) is 13.8 Å². The molecule has 0 amide bonds. The van der Waals surface area contributed by atoms with E-state index in [0.717, 1.165) is 16.3 Å². The van der Waals surface area contributed by atoms with Crippen molar-refractivity contribution < 1.29 is 8.42 Å². The molecule has 0 aromatic carbocycles. The molecule has 6 heteroatoms. The van der Waals surface area contributed by atoms with Crippen molar-refractivity contribution in [1.29, 1.82) is 0 Å². The second kappa shape index (κ2) is 4.75. The van der Waals surface area contributed by atoms with Crippen molar-refractivity contribution >= 4 is 21.4 Å². The van der Waals surface area contributed by atoms with Gasteiger partial charge in [-0.15, -0.1) is 23.7 Å². The van der Waals surface area contributed by atoms with Crippen LogP contribution < -0.4 is 4.72 Å². The van der Waals surface area contributed by atoms with Gasteiger partial charge < -0.3 is 0 Å². The molecule has 0 aliphatic rings. The maximum Gasteiger partial charge on any atom is 0.251 e. The number of nitrogens with one attached hydrogen (secondary N) is 1. The Kier molecular flexibility index (Phi) is 3.85. The third-order valence-electron chi connectivity index (χ3n) is 1.65. The van der Waals surface area contributed by atoms with E-state index in [1.807, 2.05) is 0 Å². The topological polar surface area (TPSA) is 59.1 Å². The second-order valence-electron chi connectivity index (χ2n) is 3.13. The lowest BCUT2D eigenvalue weighted by Crippen LogP contribution is -2.31. The number of aromatic nitrogens is 1. The predicted molar refractivity (Wildman–Crippen MR) is 60.1 cm³/mol. The first-order chi connectivity index (χ1) is 6.95. The van der Waals surface area contributed by atoms with Crippen LogP contribution in [0.4, 0.5) is 0 Å². The summed E-state index contributed by atoms with van der Waals surface area (Å²) in [6, 6.07) is -0.262. The van der Waals surface area contributed by atoms with Gasteiger partial charge in [-0.1, -0.05) is 0 Å². The van der Waals surface area contributed by atoms with Gasteiger partial charge in [-0.2, -0.15) is 0 Å². The van der Waals surface area contributed by atoms with E-state index < -0.39 is 10.0 Å². The summed E-state index contributed by atoms with van der Waals surface area (Å²) < 4.78 is 26.2. The molecule has 0 saturated heterocycles. The highest BCUT2D eigenvalue weighted by atomic mass is 32.2. The van der Waals surface area contributed by atoms with Crippen molar-refractivity contribution in [2.24, 2.45) is 0 Å². The van der Waals surface area contributed by atoms with Crippen molar-refractivity contribution in [2.75, 3.05) is 0 Å². The lowest BCUT2D eigenvalue weighted by atomic mass is 10.3. The van der Waals surface area contributed by atoms with Gasteiger partial charge in [-0.3, -0.25) is 0 Å². The van der Waals surface area contributed by atoms with Crippen LogP contribution in [-0.4, -0.2) is 19.4 Å². The predicted octanol–water partition coefficient (Wildman–Crippen LogP) is 1.14. The highest BCUT2D eigenvalue weighted by molar-refractivity contribution is 7.91. The van der Waals surface area contributed by atoms with Gasteiger partial charge in [-0.05, 0) is 13.8 Å². The molecule has 1 aromatic heterocycles. The van der Waals surface area contributed by atoms with Crippen LogP contribution in [0.5, 0.6) is 0 Å². The van der Waals surface area contributed by atoms with E-state index in [-0.39, 0.29) is 10.3 Å². The van der Waals surface area contributed by atoms with Gasteiger partial charge in [0.2, 0.25) is 0 Å². The first-order valence-electron chi connectivity index (χ1n) is 4.34. The monoisotopic (exact) mass is 244 g/mol. The standard InChI is InChI=1S/C9H12N2O2S2/c1-4-5-7(2)11-15(12,13)9-6-10-8(3)14-9/h1,6-7,11H,5H2,2-3H3. The summed E-state index contributed by atoms with van der Waals surface area (Å²) in [7, 11) is -3.45. The molecule has 1 aromatic rings. The Morgan fingerprint density at radius 3 is 2.87 bits per heavy atom. The minimum atomic E-state index is -3.45. The quantitative estimate of drug-likeness (QED) is 0.808. The highest BCUT2D eigenvalue weighted by Crippen LogP contribution is 2.17. The molecule has 1 N–H and O–H groups in total. The number of hydrogen-bond donors (Lipinski definition) is 1. The fourth-order valence-electron chi connectivity index (χ4n) is 1.01. The number of thiazole rings is 1. The van der Waals surface area contributed by atoms with Gasteiger partial charge in [0.05, 0.1) is 11.2 Å². The molecular weight excluding hydrogens is 232 g/mol. The number of aryl methyl sites for hydroxylation is 1. The van der Waals surface area contributed by atoms with Crippen LogP contribution in [0.3, 0.4) is 0 Å². The Hall–Kier alpha value is -0.900. The number of sulfonamides is 1. The van der Waals surface area contributed by atoms with Gasteiger partial charge in [0.25, 0.3) is 10.0 Å². The molecule has 15 heavy (non-hydrogen) atoms. The molecule has 1 heterocycles. The molecular formula is C9H12N2O2S2. The SMILES string of the molecule is C#CCC(C)NS(=O)(=O)c1cnc(C)s1. The summed E-state index contributed by atoms with van der Waals surface area (Å²) in [5.74, 6) is 2.41. The normalized spacial score (nSPS) is 13.4. The molecule has 4 nitrogen and oxygen atoms in total. The Labute approximate surface area is 93.8 Å². The Bertz CT molecular complexity index is 471. The number of hydrogen-bond acceptors (Lipinski definition) is 4. The van der Waals surface area contributed by atoms with Crippen LogP contribution >= 0.6 is 11.3 Å². The number of terminal acetylenes is 1. The molecule has 1 rings (SSSR count). The summed E-state index contributed by atoms with van der Waals surface area (Å²) in [6.07, 6.45) is 6.82. The zero-order valence-corrected chi connectivity index (χ0v) is 10.2. The van der Waals surface area contributed by atoms with Crippen molar-refractivity contribution in [2.45, 2.75) is 30.5 Å². The van der Waals surface area contributed by atoms with Gasteiger partial charge >= 0.3 is 0 Å². The fourth-order valence-corrected chi connectivity index (χ4v) is 3.38. The summed E-state index contributed by atoms with van der Waals surface area (Å²) >= 11 is 1.14. The summed E-state index contributed by atoms with van der Waals surface area (Å²) in [5, 5.41) is 0.722. The van der Waals surface area contributed by atoms with Crippen molar-refractivity contribution in [3.05, 3.63) is 11.2 Å². The smallest absolute Gasteiger partial charge is 0.249 e. The van der Waals surface area contributed by atoms with Crippen LogP contribution in [0.25, 0.3) is 0 Å². The molecule has 0 radical (unpaired) electrons. The molecule has 0 saturated carbocycles.